The molecule has 0 aromatic rings. The van der Waals surface area contributed by atoms with Gasteiger partial charge in [0.05, 0.1) is 6.54 Å². The summed E-state index contributed by atoms with van der Waals surface area (Å²) in [6, 6.07) is 0.740. The highest BCUT2D eigenvalue weighted by Gasteiger charge is 2.14. The molecule has 0 saturated carbocycles. The van der Waals surface area contributed by atoms with E-state index in [4.69, 9.17) is 15.3 Å². The molecule has 0 aliphatic carbocycles. The average Bonchev–Trinajstić information content (AvgIpc) is 2.40. The number of hydrogen-bond acceptors (Lipinski definition) is 6. The van der Waals surface area contributed by atoms with Gasteiger partial charge in [-0.25, -0.2) is 4.79 Å². The standard InChI is InChI=1S/C7H16N2.C3H6O3.C2H5NO2/c1-3-9-5-4-8-6-7(9)2;1-2(4)3(5)6;3-1-2(4)5/h7-8H,3-6H2,1-2H3;2,4H,1H3,(H,5,6);1,3H2,(H,4,5). The summed E-state index contributed by atoms with van der Waals surface area (Å²) in [5, 5.41) is 26.7. The van der Waals surface area contributed by atoms with E-state index in [0.29, 0.717) is 0 Å². The van der Waals surface area contributed by atoms with Crippen LogP contribution in [0.4, 0.5) is 0 Å². The Kier molecular flexibility index (Phi) is 13.5. The predicted molar refractivity (Wildman–Crippen MR) is 75.6 cm³/mol. The quantitative estimate of drug-likeness (QED) is 0.437. The molecule has 1 rings (SSSR count). The lowest BCUT2D eigenvalue weighted by molar-refractivity contribution is -0.145. The van der Waals surface area contributed by atoms with Gasteiger partial charge < -0.3 is 26.4 Å². The zero-order valence-corrected chi connectivity index (χ0v) is 12.4. The van der Waals surface area contributed by atoms with Crippen molar-refractivity contribution in [2.45, 2.75) is 32.9 Å². The van der Waals surface area contributed by atoms with E-state index >= 15 is 0 Å². The lowest BCUT2D eigenvalue weighted by Gasteiger charge is -2.32. The largest absolute Gasteiger partial charge is 0.480 e. The Bertz CT molecular complexity index is 274. The Morgan fingerprint density at radius 3 is 2.10 bits per heavy atom. The zero-order chi connectivity index (χ0) is 16.1. The van der Waals surface area contributed by atoms with Crippen LogP contribution in [0.5, 0.6) is 0 Å². The fraction of sp³-hybridized carbons (Fsp3) is 0.833. The molecular formula is C12H27N3O5. The summed E-state index contributed by atoms with van der Waals surface area (Å²) in [5.74, 6) is -2.15. The number of nitrogens with zero attached hydrogens (tertiary/aromatic N) is 1. The molecule has 2 atom stereocenters. The molecule has 6 N–H and O–H groups in total. The number of nitrogens with one attached hydrogen (secondary N) is 1. The maximum absolute atomic E-state index is 9.45. The number of carboxylic acid groups (broad SMARTS) is 2. The van der Waals surface area contributed by atoms with Gasteiger partial charge in [0.25, 0.3) is 0 Å². The van der Waals surface area contributed by atoms with Crippen LogP contribution in [0, 0.1) is 0 Å². The highest BCUT2D eigenvalue weighted by molar-refractivity contribution is 5.71. The van der Waals surface area contributed by atoms with Crippen LogP contribution in [-0.2, 0) is 9.59 Å². The molecule has 0 bridgehead atoms. The number of piperazine rings is 1. The number of carbonyl (C=O) groups is 2. The van der Waals surface area contributed by atoms with Crippen LogP contribution in [-0.4, -0.2) is 77.0 Å². The molecule has 0 amide bonds. The normalized spacial score (nSPS) is 19.8. The van der Waals surface area contributed by atoms with Crippen LogP contribution >= 0.6 is 0 Å². The summed E-state index contributed by atoms with van der Waals surface area (Å²) < 4.78 is 0. The van der Waals surface area contributed by atoms with Crippen LogP contribution < -0.4 is 11.1 Å². The van der Waals surface area contributed by atoms with Crippen LogP contribution in [0.15, 0.2) is 0 Å². The molecule has 1 aliphatic heterocycles. The molecule has 0 spiro atoms. The molecule has 0 aromatic heterocycles. The lowest BCUT2D eigenvalue weighted by atomic mass is 10.2. The number of likely N-dealkylation sites (N-methyl/N-ethyl adjacent to an activating group) is 1. The summed E-state index contributed by atoms with van der Waals surface area (Å²) in [6.45, 7) is 10.2. The minimum atomic E-state index is -1.23. The summed E-state index contributed by atoms with van der Waals surface area (Å²) in [4.78, 5) is 21.2. The Morgan fingerprint density at radius 1 is 1.45 bits per heavy atom. The molecule has 1 saturated heterocycles. The Hall–Kier alpha value is -1.22. The van der Waals surface area contributed by atoms with Crippen molar-refractivity contribution in [3.05, 3.63) is 0 Å². The number of aliphatic carboxylic acids is 2. The first-order valence-electron chi connectivity index (χ1n) is 6.53. The predicted octanol–water partition coefficient (Wildman–Crippen LogP) is -1.22. The maximum atomic E-state index is 9.45. The van der Waals surface area contributed by atoms with E-state index in [0.717, 1.165) is 19.1 Å². The second-order valence-electron chi connectivity index (χ2n) is 4.29. The molecule has 1 heterocycles. The number of aliphatic hydroxyl groups is 1. The van der Waals surface area contributed by atoms with E-state index in [-0.39, 0.29) is 6.54 Å². The van der Waals surface area contributed by atoms with Gasteiger partial charge >= 0.3 is 11.9 Å². The highest BCUT2D eigenvalue weighted by atomic mass is 16.4. The van der Waals surface area contributed by atoms with Crippen molar-refractivity contribution >= 4 is 11.9 Å². The number of aliphatic hydroxyl groups excluding tert-OH is 1. The third-order valence-corrected chi connectivity index (χ3v) is 2.58. The van der Waals surface area contributed by atoms with Crippen molar-refractivity contribution in [2.24, 2.45) is 5.73 Å². The number of rotatable bonds is 3. The van der Waals surface area contributed by atoms with Crippen LogP contribution in [0.2, 0.25) is 0 Å². The molecule has 0 aromatic carbocycles. The van der Waals surface area contributed by atoms with Gasteiger partial charge in [0, 0.05) is 25.7 Å². The maximum Gasteiger partial charge on any atom is 0.332 e. The molecule has 20 heavy (non-hydrogen) atoms. The number of hydrogen-bond donors (Lipinski definition) is 5. The summed E-state index contributed by atoms with van der Waals surface area (Å²) in [6.07, 6.45) is -1.23. The van der Waals surface area contributed by atoms with Crippen molar-refractivity contribution in [1.29, 1.82) is 0 Å². The van der Waals surface area contributed by atoms with E-state index in [9.17, 15) is 9.59 Å². The average molecular weight is 293 g/mol. The number of carboxylic acids is 2. The lowest BCUT2D eigenvalue weighted by Crippen LogP contribution is -2.49. The van der Waals surface area contributed by atoms with Crippen LogP contribution in [0.25, 0.3) is 0 Å². The second-order valence-corrected chi connectivity index (χ2v) is 4.29. The molecule has 2 unspecified atom stereocenters. The van der Waals surface area contributed by atoms with Crippen molar-refractivity contribution < 1.29 is 24.9 Å². The van der Waals surface area contributed by atoms with Crippen molar-refractivity contribution in [1.82, 2.24) is 10.2 Å². The van der Waals surface area contributed by atoms with Gasteiger partial charge in [0.2, 0.25) is 0 Å². The monoisotopic (exact) mass is 293 g/mol. The van der Waals surface area contributed by atoms with Gasteiger partial charge in [-0.3, -0.25) is 9.69 Å². The molecule has 1 aliphatic rings. The molecule has 0 radical (unpaired) electrons. The minimum absolute atomic E-state index is 0.278. The van der Waals surface area contributed by atoms with Crippen molar-refractivity contribution in [3.63, 3.8) is 0 Å². The van der Waals surface area contributed by atoms with Crippen molar-refractivity contribution in [3.8, 4) is 0 Å². The van der Waals surface area contributed by atoms with E-state index < -0.39 is 18.0 Å². The van der Waals surface area contributed by atoms with E-state index in [2.05, 4.69) is 29.8 Å². The summed E-state index contributed by atoms with van der Waals surface area (Å²) in [7, 11) is 0. The summed E-state index contributed by atoms with van der Waals surface area (Å²) >= 11 is 0. The first kappa shape index (κ1) is 21.1. The Morgan fingerprint density at radius 2 is 1.90 bits per heavy atom. The molecule has 8 heteroatoms. The summed E-state index contributed by atoms with van der Waals surface area (Å²) in [5.41, 5.74) is 4.57. The van der Waals surface area contributed by atoms with Crippen molar-refractivity contribution in [2.75, 3.05) is 32.7 Å². The number of nitrogens with two attached hydrogens (primary N) is 1. The van der Waals surface area contributed by atoms with Gasteiger partial charge in [0.15, 0.2) is 0 Å². The first-order valence-corrected chi connectivity index (χ1v) is 6.53. The molecule has 1 fully saturated rings. The zero-order valence-electron chi connectivity index (χ0n) is 12.4. The van der Waals surface area contributed by atoms with Crippen LogP contribution in [0.3, 0.4) is 0 Å². The Labute approximate surface area is 119 Å². The smallest absolute Gasteiger partial charge is 0.332 e. The topological polar surface area (TPSA) is 136 Å². The minimum Gasteiger partial charge on any atom is -0.480 e. The van der Waals surface area contributed by atoms with Gasteiger partial charge in [0.1, 0.15) is 6.10 Å². The van der Waals surface area contributed by atoms with Gasteiger partial charge in [-0.05, 0) is 20.4 Å². The third kappa shape index (κ3) is 13.2. The van der Waals surface area contributed by atoms with Gasteiger partial charge in [-0.2, -0.15) is 0 Å². The van der Waals surface area contributed by atoms with E-state index in [1.807, 2.05) is 0 Å². The van der Waals surface area contributed by atoms with Gasteiger partial charge in [-0.15, -0.1) is 0 Å². The molecule has 8 nitrogen and oxygen atoms in total. The molecule has 120 valence electrons. The molecular weight excluding hydrogens is 266 g/mol. The first-order chi connectivity index (χ1) is 9.26. The van der Waals surface area contributed by atoms with E-state index in [1.54, 1.807) is 0 Å². The third-order valence-electron chi connectivity index (χ3n) is 2.58. The van der Waals surface area contributed by atoms with Gasteiger partial charge in [-0.1, -0.05) is 6.92 Å². The fourth-order valence-electron chi connectivity index (χ4n) is 1.35. The second kappa shape index (κ2) is 12.8. The highest BCUT2D eigenvalue weighted by Crippen LogP contribution is 1.99. The fourth-order valence-corrected chi connectivity index (χ4v) is 1.35. The Balaban J connectivity index is 0. The SMILES string of the molecule is CC(O)C(=O)O.CCN1CCNCC1C.NCC(=O)O. The van der Waals surface area contributed by atoms with Crippen LogP contribution in [0.1, 0.15) is 20.8 Å². The van der Waals surface area contributed by atoms with E-state index in [1.165, 1.54) is 20.0 Å².